The maximum Gasteiger partial charge on any atom is 0.335 e. The summed E-state index contributed by atoms with van der Waals surface area (Å²) in [6, 6.07) is 8.30. The van der Waals surface area contributed by atoms with Crippen LogP contribution in [0.25, 0.3) is 0 Å². The first kappa shape index (κ1) is 23.0. The van der Waals surface area contributed by atoms with Gasteiger partial charge in [0.2, 0.25) is 0 Å². The van der Waals surface area contributed by atoms with E-state index < -0.39 is 5.97 Å². The van der Waals surface area contributed by atoms with Gasteiger partial charge in [-0.15, -0.1) is 0 Å². The van der Waals surface area contributed by atoms with Crippen molar-refractivity contribution in [3.05, 3.63) is 35.9 Å². The number of nitrogens with one attached hydrogen (secondary N) is 4. The van der Waals surface area contributed by atoms with Crippen LogP contribution in [0.15, 0.2) is 30.3 Å². The summed E-state index contributed by atoms with van der Waals surface area (Å²) < 4.78 is 0. The topological polar surface area (TPSA) is 85.4 Å². The minimum absolute atomic E-state index is 0. The Morgan fingerprint density at radius 3 is 1.38 bits per heavy atom. The molecule has 2 rings (SSSR count). The van der Waals surface area contributed by atoms with Crippen LogP contribution < -0.4 is 21.3 Å². The fourth-order valence-electron chi connectivity index (χ4n) is 2.11. The van der Waals surface area contributed by atoms with Crippen LogP contribution in [0.3, 0.4) is 0 Å². The maximum absolute atomic E-state index is 10.2. The van der Waals surface area contributed by atoms with E-state index in [4.69, 9.17) is 5.11 Å². The Morgan fingerprint density at radius 2 is 1.08 bits per heavy atom. The summed E-state index contributed by atoms with van der Waals surface area (Å²) in [5.41, 5.74) is 0.331. The summed E-state index contributed by atoms with van der Waals surface area (Å²) in [6.07, 6.45) is 2.44. The fraction of sp³-hybridized carbons (Fsp3) is 0.588. The van der Waals surface area contributed by atoms with Crippen molar-refractivity contribution in [2.75, 3.05) is 52.4 Å². The summed E-state index contributed by atoms with van der Waals surface area (Å²) in [5, 5.41) is 22.1. The van der Waals surface area contributed by atoms with Crippen molar-refractivity contribution in [2.24, 2.45) is 0 Å². The Bertz CT molecular complexity index is 354. The molecule has 1 aromatic rings. The quantitative estimate of drug-likeness (QED) is 0.459. The minimum Gasteiger partial charge on any atom is -0.478 e. The van der Waals surface area contributed by atoms with Gasteiger partial charge in [0.1, 0.15) is 0 Å². The summed E-state index contributed by atoms with van der Waals surface area (Å²) in [6.45, 7) is 8.87. The van der Waals surface area contributed by atoms with Crippen LogP contribution in [-0.2, 0) is 17.1 Å². The van der Waals surface area contributed by atoms with Crippen molar-refractivity contribution >= 4 is 5.97 Å². The van der Waals surface area contributed by atoms with Gasteiger partial charge in [0.15, 0.2) is 0 Å². The molecule has 1 fully saturated rings. The van der Waals surface area contributed by atoms with Crippen molar-refractivity contribution < 1.29 is 27.0 Å². The Balaban J connectivity index is 0.000000460. The molecule has 1 heterocycles. The molecule has 0 aliphatic carbocycles. The second-order valence-electron chi connectivity index (χ2n) is 5.38. The van der Waals surface area contributed by atoms with E-state index in [9.17, 15) is 4.79 Å². The molecule has 0 spiro atoms. The fourth-order valence-corrected chi connectivity index (χ4v) is 2.11. The largest absolute Gasteiger partial charge is 0.478 e. The molecule has 24 heavy (non-hydrogen) atoms. The first-order valence-electron chi connectivity index (χ1n) is 8.42. The average molecular weight is 377 g/mol. The molecular formula is C17H30MnN4O2. The molecule has 1 saturated heterocycles. The van der Waals surface area contributed by atoms with E-state index in [1.54, 1.807) is 30.3 Å². The van der Waals surface area contributed by atoms with Crippen molar-refractivity contribution in [1.29, 1.82) is 0 Å². The van der Waals surface area contributed by atoms with Gasteiger partial charge in [-0.25, -0.2) is 4.79 Å². The second-order valence-corrected chi connectivity index (χ2v) is 5.38. The van der Waals surface area contributed by atoms with Gasteiger partial charge < -0.3 is 26.4 Å². The molecule has 0 amide bonds. The van der Waals surface area contributed by atoms with Crippen LogP contribution in [0.5, 0.6) is 0 Å². The Kier molecular flexibility index (Phi) is 16.2. The Morgan fingerprint density at radius 1 is 0.708 bits per heavy atom. The molecule has 1 aliphatic heterocycles. The van der Waals surface area contributed by atoms with Gasteiger partial charge in [-0.05, 0) is 51.2 Å². The van der Waals surface area contributed by atoms with Gasteiger partial charge in [0.25, 0.3) is 0 Å². The van der Waals surface area contributed by atoms with Crippen LogP contribution in [-0.4, -0.2) is 63.4 Å². The van der Waals surface area contributed by atoms with Gasteiger partial charge in [0, 0.05) is 43.2 Å². The zero-order valence-electron chi connectivity index (χ0n) is 14.2. The van der Waals surface area contributed by atoms with E-state index in [0.717, 1.165) is 52.4 Å². The second kappa shape index (κ2) is 16.9. The van der Waals surface area contributed by atoms with Gasteiger partial charge in [0.05, 0.1) is 5.56 Å². The molecule has 7 heteroatoms. The van der Waals surface area contributed by atoms with Crippen molar-refractivity contribution in [3.8, 4) is 0 Å². The standard InChI is InChI=1S/C10H24N4.C7H6O2.Mn/c1-3-11-7-9-13-5-2-6-14-10-8-12-4-1;8-7(9)6-4-2-1-3-5-6;/h11-14H,1-10H2;1-5H,(H,8,9);. The number of benzene rings is 1. The Hall–Kier alpha value is -0.951. The zero-order valence-corrected chi connectivity index (χ0v) is 15.4. The van der Waals surface area contributed by atoms with Crippen LogP contribution >= 0.6 is 0 Å². The first-order valence-corrected chi connectivity index (χ1v) is 8.42. The van der Waals surface area contributed by atoms with Crippen LogP contribution in [0.1, 0.15) is 23.2 Å². The van der Waals surface area contributed by atoms with Crippen molar-refractivity contribution in [1.82, 2.24) is 21.3 Å². The van der Waals surface area contributed by atoms with E-state index in [2.05, 4.69) is 21.3 Å². The number of hydrogen-bond acceptors (Lipinski definition) is 5. The predicted octanol–water partition coefficient (Wildman–Crippen LogP) is 0.521. The average Bonchev–Trinajstić information content (AvgIpc) is 2.58. The van der Waals surface area contributed by atoms with Gasteiger partial charge in [-0.1, -0.05) is 18.2 Å². The number of hydrogen-bond donors (Lipinski definition) is 5. The van der Waals surface area contributed by atoms with E-state index in [-0.39, 0.29) is 17.1 Å². The van der Waals surface area contributed by atoms with Gasteiger partial charge in [-0.2, -0.15) is 0 Å². The van der Waals surface area contributed by atoms with E-state index in [0.29, 0.717) is 5.56 Å². The number of carbonyl (C=O) groups is 1. The normalized spacial score (nSPS) is 17.3. The van der Waals surface area contributed by atoms with E-state index in [1.165, 1.54) is 12.8 Å². The van der Waals surface area contributed by atoms with Gasteiger partial charge in [-0.3, -0.25) is 0 Å². The molecular weight excluding hydrogens is 347 g/mol. The molecule has 5 N–H and O–H groups in total. The van der Waals surface area contributed by atoms with E-state index >= 15 is 0 Å². The van der Waals surface area contributed by atoms with Gasteiger partial charge >= 0.3 is 5.97 Å². The predicted molar refractivity (Wildman–Crippen MR) is 94.1 cm³/mol. The minimum atomic E-state index is -0.879. The summed E-state index contributed by atoms with van der Waals surface area (Å²) >= 11 is 0. The zero-order chi connectivity index (χ0) is 16.6. The summed E-state index contributed by atoms with van der Waals surface area (Å²) in [5.74, 6) is -0.879. The molecule has 1 radical (unpaired) electrons. The monoisotopic (exact) mass is 377 g/mol. The molecule has 0 unspecified atom stereocenters. The molecule has 0 bridgehead atoms. The molecule has 0 aromatic heterocycles. The molecule has 137 valence electrons. The molecule has 0 saturated carbocycles. The summed E-state index contributed by atoms with van der Waals surface area (Å²) in [7, 11) is 0. The number of aromatic carboxylic acids is 1. The van der Waals surface area contributed by atoms with Crippen LogP contribution in [0, 0.1) is 0 Å². The molecule has 1 aromatic carbocycles. The van der Waals surface area contributed by atoms with Crippen LogP contribution in [0.4, 0.5) is 0 Å². The summed E-state index contributed by atoms with van der Waals surface area (Å²) in [4.78, 5) is 10.2. The molecule has 0 atom stereocenters. The third kappa shape index (κ3) is 13.5. The van der Waals surface area contributed by atoms with E-state index in [1.807, 2.05) is 0 Å². The smallest absolute Gasteiger partial charge is 0.335 e. The van der Waals surface area contributed by atoms with Crippen LogP contribution in [0.2, 0.25) is 0 Å². The first-order chi connectivity index (χ1) is 11.3. The Labute approximate surface area is 155 Å². The number of carboxylic acids is 1. The molecule has 6 nitrogen and oxygen atoms in total. The van der Waals surface area contributed by atoms with Crippen molar-refractivity contribution in [2.45, 2.75) is 12.8 Å². The molecule has 1 aliphatic rings. The maximum atomic E-state index is 10.2. The number of carboxylic acid groups (broad SMARTS) is 1. The third-order valence-corrected chi connectivity index (χ3v) is 3.39. The third-order valence-electron chi connectivity index (χ3n) is 3.39. The number of rotatable bonds is 1. The SMILES string of the molecule is C1CNCCNCCCNCCNC1.O=C(O)c1ccccc1.[Mn]. The van der Waals surface area contributed by atoms with Crippen molar-refractivity contribution in [3.63, 3.8) is 0 Å².